The van der Waals surface area contributed by atoms with Crippen molar-refractivity contribution in [1.29, 1.82) is 0 Å². The summed E-state index contributed by atoms with van der Waals surface area (Å²) in [7, 11) is -3.69. The van der Waals surface area contributed by atoms with E-state index < -0.39 is 10.0 Å². The summed E-state index contributed by atoms with van der Waals surface area (Å²) in [4.78, 5) is 21.2. The van der Waals surface area contributed by atoms with E-state index in [-0.39, 0.29) is 17.1 Å². The molecule has 0 atom stereocenters. The number of ketones is 1. The summed E-state index contributed by atoms with van der Waals surface area (Å²) in [6.45, 7) is 3.72. The molecule has 0 fully saturated rings. The van der Waals surface area contributed by atoms with Crippen LogP contribution in [0.25, 0.3) is 0 Å². The van der Waals surface area contributed by atoms with Gasteiger partial charge in [-0.15, -0.1) is 0 Å². The van der Waals surface area contributed by atoms with Crippen molar-refractivity contribution in [2.45, 2.75) is 25.2 Å². The molecule has 10 heteroatoms. The van der Waals surface area contributed by atoms with Crippen LogP contribution >= 0.6 is 0 Å². The number of hydrogen-bond acceptors (Lipinski definition) is 7. The predicted molar refractivity (Wildman–Crippen MR) is 125 cm³/mol. The van der Waals surface area contributed by atoms with Crippen LogP contribution in [0.5, 0.6) is 0 Å². The van der Waals surface area contributed by atoms with Gasteiger partial charge in [-0.05, 0) is 49.7 Å². The average molecular weight is 463 g/mol. The number of carbonyl (C=O) groups is 1. The molecule has 0 amide bonds. The van der Waals surface area contributed by atoms with Gasteiger partial charge in [-0.3, -0.25) is 14.6 Å². The Morgan fingerprint density at radius 1 is 0.970 bits per heavy atom. The molecule has 168 valence electrons. The summed E-state index contributed by atoms with van der Waals surface area (Å²) in [6, 6.07) is 14.9. The van der Waals surface area contributed by atoms with Crippen LogP contribution in [0.3, 0.4) is 0 Å². The van der Waals surface area contributed by atoms with E-state index in [0.29, 0.717) is 28.6 Å². The Balaban J connectivity index is 1.42. The maximum Gasteiger partial charge on any atom is 0.261 e. The fraction of sp³-hybridized carbons (Fsp3) is 0.130. The number of benzene rings is 2. The SMILES string of the molecule is Cc1[nH]nc(C(=O)Cc2cnc(Nc3cccc(NS(=O)(=O)c4ccccc4)c3)nc2)c1C. The summed E-state index contributed by atoms with van der Waals surface area (Å²) >= 11 is 0. The van der Waals surface area contributed by atoms with Gasteiger partial charge in [0.25, 0.3) is 10.0 Å². The summed E-state index contributed by atoms with van der Waals surface area (Å²) < 4.78 is 27.6. The third-order valence-corrected chi connectivity index (χ3v) is 6.41. The van der Waals surface area contributed by atoms with Gasteiger partial charge in [0.2, 0.25) is 5.95 Å². The Hall–Kier alpha value is -4.05. The number of aromatic nitrogens is 4. The maximum atomic E-state index is 12.5. The Kier molecular flexibility index (Phi) is 6.18. The van der Waals surface area contributed by atoms with Crippen LogP contribution in [0.4, 0.5) is 17.3 Å². The van der Waals surface area contributed by atoms with Crippen molar-refractivity contribution in [3.63, 3.8) is 0 Å². The number of aromatic amines is 1. The molecule has 2 aromatic heterocycles. The Bertz CT molecular complexity index is 1380. The second-order valence-corrected chi connectivity index (χ2v) is 9.14. The molecule has 0 unspecified atom stereocenters. The number of hydrogen-bond donors (Lipinski definition) is 3. The lowest BCUT2D eigenvalue weighted by molar-refractivity contribution is 0.0987. The van der Waals surface area contributed by atoms with Crippen molar-refractivity contribution in [2.75, 3.05) is 10.0 Å². The Labute approximate surface area is 191 Å². The van der Waals surface area contributed by atoms with Gasteiger partial charge in [0.15, 0.2) is 5.78 Å². The lowest BCUT2D eigenvalue weighted by Gasteiger charge is -2.10. The molecule has 4 rings (SSSR count). The van der Waals surface area contributed by atoms with Crippen LogP contribution in [0, 0.1) is 13.8 Å². The molecule has 0 saturated heterocycles. The first kappa shape index (κ1) is 22.2. The number of nitrogens with one attached hydrogen (secondary N) is 3. The average Bonchev–Trinajstić information content (AvgIpc) is 3.14. The number of H-pyrrole nitrogens is 1. The number of anilines is 3. The van der Waals surface area contributed by atoms with Gasteiger partial charge in [-0.25, -0.2) is 18.4 Å². The molecule has 0 bridgehead atoms. The molecular weight excluding hydrogens is 440 g/mol. The minimum Gasteiger partial charge on any atom is -0.324 e. The van der Waals surface area contributed by atoms with Crippen molar-refractivity contribution in [1.82, 2.24) is 20.2 Å². The van der Waals surface area contributed by atoms with Crippen molar-refractivity contribution < 1.29 is 13.2 Å². The highest BCUT2D eigenvalue weighted by Crippen LogP contribution is 2.21. The van der Waals surface area contributed by atoms with Gasteiger partial charge in [-0.1, -0.05) is 24.3 Å². The smallest absolute Gasteiger partial charge is 0.261 e. The second-order valence-electron chi connectivity index (χ2n) is 7.46. The summed E-state index contributed by atoms with van der Waals surface area (Å²) in [5, 5.41) is 9.91. The van der Waals surface area contributed by atoms with Crippen LogP contribution in [0.1, 0.15) is 27.3 Å². The molecule has 0 radical (unpaired) electrons. The van der Waals surface area contributed by atoms with E-state index in [9.17, 15) is 13.2 Å². The summed E-state index contributed by atoms with van der Waals surface area (Å²) in [5.74, 6) is 0.209. The molecule has 0 aliphatic heterocycles. The van der Waals surface area contributed by atoms with Gasteiger partial charge >= 0.3 is 0 Å². The highest BCUT2D eigenvalue weighted by atomic mass is 32.2. The molecule has 33 heavy (non-hydrogen) atoms. The highest BCUT2D eigenvalue weighted by molar-refractivity contribution is 7.92. The monoisotopic (exact) mass is 462 g/mol. The molecule has 0 spiro atoms. The number of Topliss-reactive ketones (excluding diaryl/α,β-unsaturated/α-hetero) is 1. The summed E-state index contributed by atoms with van der Waals surface area (Å²) in [5.41, 5.74) is 3.79. The zero-order valence-electron chi connectivity index (χ0n) is 18.0. The van der Waals surface area contributed by atoms with Crippen LogP contribution in [0.2, 0.25) is 0 Å². The summed E-state index contributed by atoms with van der Waals surface area (Å²) in [6.07, 6.45) is 3.29. The highest BCUT2D eigenvalue weighted by Gasteiger charge is 2.16. The second kappa shape index (κ2) is 9.21. The van der Waals surface area contributed by atoms with Crippen molar-refractivity contribution in [3.05, 3.63) is 89.5 Å². The van der Waals surface area contributed by atoms with Crippen LogP contribution in [-0.2, 0) is 16.4 Å². The zero-order chi connectivity index (χ0) is 23.4. The van der Waals surface area contributed by atoms with Gasteiger partial charge in [0, 0.05) is 35.8 Å². The molecule has 2 aromatic carbocycles. The molecule has 4 aromatic rings. The van der Waals surface area contributed by atoms with E-state index in [4.69, 9.17) is 0 Å². The number of sulfonamides is 1. The lowest BCUT2D eigenvalue weighted by Crippen LogP contribution is -2.12. The fourth-order valence-electron chi connectivity index (χ4n) is 3.14. The van der Waals surface area contributed by atoms with E-state index in [2.05, 4.69) is 30.2 Å². The van der Waals surface area contributed by atoms with E-state index in [1.54, 1.807) is 54.9 Å². The van der Waals surface area contributed by atoms with Crippen molar-refractivity contribution in [2.24, 2.45) is 0 Å². The largest absolute Gasteiger partial charge is 0.324 e. The van der Waals surface area contributed by atoms with Gasteiger partial charge in [0.05, 0.1) is 10.6 Å². The van der Waals surface area contributed by atoms with Gasteiger partial charge in [-0.2, -0.15) is 5.10 Å². The lowest BCUT2D eigenvalue weighted by atomic mass is 10.1. The quantitative estimate of drug-likeness (QED) is 0.340. The molecule has 0 saturated carbocycles. The van der Waals surface area contributed by atoms with Crippen molar-refractivity contribution in [3.8, 4) is 0 Å². The van der Waals surface area contributed by atoms with Crippen LogP contribution in [-0.4, -0.2) is 34.4 Å². The third-order valence-electron chi connectivity index (χ3n) is 5.01. The van der Waals surface area contributed by atoms with E-state index in [1.165, 1.54) is 12.1 Å². The Morgan fingerprint density at radius 3 is 2.33 bits per heavy atom. The molecule has 2 heterocycles. The maximum absolute atomic E-state index is 12.5. The van der Waals surface area contributed by atoms with Gasteiger partial charge in [0.1, 0.15) is 5.69 Å². The minimum atomic E-state index is -3.69. The molecule has 9 nitrogen and oxygen atoms in total. The van der Waals surface area contributed by atoms with Gasteiger partial charge < -0.3 is 5.32 Å². The standard InChI is InChI=1S/C23H22N6O3S/c1-15-16(2)27-28-22(15)21(30)11-17-13-24-23(25-14-17)26-18-7-6-8-19(12-18)29-33(31,32)20-9-4-3-5-10-20/h3-10,12-14,29H,11H2,1-2H3,(H,27,28)(H,24,25,26). The zero-order valence-corrected chi connectivity index (χ0v) is 18.8. The van der Waals surface area contributed by atoms with Crippen LogP contribution < -0.4 is 10.0 Å². The Morgan fingerprint density at radius 2 is 1.67 bits per heavy atom. The van der Waals surface area contributed by atoms with Crippen molar-refractivity contribution >= 4 is 33.1 Å². The van der Waals surface area contributed by atoms with E-state index in [0.717, 1.165) is 11.3 Å². The predicted octanol–water partition coefficient (Wildman–Crippen LogP) is 3.79. The van der Waals surface area contributed by atoms with E-state index in [1.807, 2.05) is 13.8 Å². The topological polar surface area (TPSA) is 130 Å². The number of aryl methyl sites for hydroxylation is 1. The first-order valence-electron chi connectivity index (χ1n) is 10.1. The third kappa shape index (κ3) is 5.24. The molecular formula is C23H22N6O3S. The van der Waals surface area contributed by atoms with Crippen LogP contribution in [0.15, 0.2) is 71.9 Å². The minimum absolute atomic E-state index is 0.112. The molecule has 3 N–H and O–H groups in total. The fourth-order valence-corrected chi connectivity index (χ4v) is 4.21. The normalized spacial score (nSPS) is 11.2. The number of rotatable bonds is 8. The van der Waals surface area contributed by atoms with E-state index >= 15 is 0 Å². The molecule has 0 aliphatic carbocycles. The number of carbonyl (C=O) groups excluding carboxylic acids is 1. The number of nitrogens with zero attached hydrogens (tertiary/aromatic N) is 3. The first-order valence-corrected chi connectivity index (χ1v) is 11.6. The molecule has 0 aliphatic rings. The first-order chi connectivity index (χ1) is 15.8.